The van der Waals surface area contributed by atoms with Crippen LogP contribution in [0.25, 0.3) is 0 Å². The van der Waals surface area contributed by atoms with Crippen molar-refractivity contribution in [2.24, 2.45) is 0 Å². The van der Waals surface area contributed by atoms with Crippen molar-refractivity contribution < 1.29 is 0 Å². The molecule has 5 heteroatoms. The Morgan fingerprint density at radius 1 is 1.10 bits per heavy atom. The van der Waals surface area contributed by atoms with Gasteiger partial charge in [0.1, 0.15) is 0 Å². The zero-order valence-electron chi connectivity index (χ0n) is 11.3. The fourth-order valence-corrected chi connectivity index (χ4v) is 3.68. The van der Waals surface area contributed by atoms with Gasteiger partial charge in [0, 0.05) is 32.9 Å². The summed E-state index contributed by atoms with van der Waals surface area (Å²) >= 11 is 20.2. The fraction of sp³-hybridized carbons (Fsp3) is 0.333. The summed E-state index contributed by atoms with van der Waals surface area (Å²) in [5.41, 5.74) is 0.857. The van der Waals surface area contributed by atoms with E-state index in [1.54, 1.807) is 12.1 Å². The first-order valence-corrected chi connectivity index (χ1v) is 8.33. The molecule has 0 radical (unpaired) electrons. The van der Waals surface area contributed by atoms with Crippen molar-refractivity contribution in [2.75, 3.05) is 0 Å². The van der Waals surface area contributed by atoms with Crippen LogP contribution in [-0.4, -0.2) is 6.04 Å². The predicted molar refractivity (Wildman–Crippen MR) is 90.5 cm³/mol. The van der Waals surface area contributed by atoms with E-state index in [-0.39, 0.29) is 0 Å². The Labute approximate surface area is 138 Å². The molecular formula is C15H16Cl3NS. The van der Waals surface area contributed by atoms with Crippen LogP contribution in [0.5, 0.6) is 0 Å². The highest BCUT2D eigenvalue weighted by Crippen LogP contribution is 2.31. The maximum atomic E-state index is 6.19. The van der Waals surface area contributed by atoms with E-state index in [1.165, 1.54) is 9.75 Å². The van der Waals surface area contributed by atoms with Crippen LogP contribution < -0.4 is 5.32 Å². The van der Waals surface area contributed by atoms with Gasteiger partial charge in [-0.2, -0.15) is 0 Å². The minimum atomic E-state index is 0.346. The van der Waals surface area contributed by atoms with Crippen LogP contribution in [0, 0.1) is 6.92 Å². The molecular weight excluding hydrogens is 333 g/mol. The van der Waals surface area contributed by atoms with Gasteiger partial charge in [-0.1, -0.05) is 34.8 Å². The van der Waals surface area contributed by atoms with Gasteiger partial charge < -0.3 is 5.32 Å². The summed E-state index contributed by atoms with van der Waals surface area (Å²) in [6.07, 6.45) is 0.994. The van der Waals surface area contributed by atoms with Crippen LogP contribution in [0.4, 0.5) is 0 Å². The Morgan fingerprint density at radius 3 is 2.45 bits per heavy atom. The SMILES string of the molecule is Cc1ccc(CC(C)NCc2c(Cl)ccc(Cl)c2Cl)s1. The highest BCUT2D eigenvalue weighted by Gasteiger charge is 2.11. The first kappa shape index (κ1) is 16.1. The first-order chi connectivity index (χ1) is 9.47. The molecule has 0 aliphatic carbocycles. The number of hydrogen-bond acceptors (Lipinski definition) is 2. The van der Waals surface area contributed by atoms with Gasteiger partial charge in [-0.05, 0) is 44.5 Å². The van der Waals surface area contributed by atoms with Crippen LogP contribution in [0.1, 0.15) is 22.2 Å². The summed E-state index contributed by atoms with van der Waals surface area (Å²) in [4.78, 5) is 2.72. The zero-order valence-corrected chi connectivity index (χ0v) is 14.4. The van der Waals surface area contributed by atoms with Crippen LogP contribution in [0.3, 0.4) is 0 Å². The number of hydrogen-bond donors (Lipinski definition) is 1. The average molecular weight is 349 g/mol. The molecule has 0 fully saturated rings. The van der Waals surface area contributed by atoms with Crippen molar-refractivity contribution in [1.82, 2.24) is 5.32 Å². The Morgan fingerprint density at radius 2 is 1.80 bits per heavy atom. The highest BCUT2D eigenvalue weighted by atomic mass is 35.5. The molecule has 1 aromatic carbocycles. The minimum Gasteiger partial charge on any atom is -0.310 e. The molecule has 1 nitrogen and oxygen atoms in total. The number of benzene rings is 1. The summed E-state index contributed by atoms with van der Waals surface area (Å²) in [6, 6.07) is 8.17. The second-order valence-corrected chi connectivity index (χ2v) is 7.38. The molecule has 20 heavy (non-hydrogen) atoms. The molecule has 0 aliphatic heterocycles. The highest BCUT2D eigenvalue weighted by molar-refractivity contribution is 7.11. The van der Waals surface area contributed by atoms with E-state index in [0.717, 1.165) is 12.0 Å². The molecule has 108 valence electrons. The Hall–Kier alpha value is -0.250. The molecule has 1 aromatic heterocycles. The maximum absolute atomic E-state index is 6.19. The van der Waals surface area contributed by atoms with Crippen LogP contribution in [0.15, 0.2) is 24.3 Å². The Balaban J connectivity index is 1.97. The number of aryl methyl sites for hydroxylation is 1. The lowest BCUT2D eigenvalue weighted by Crippen LogP contribution is -2.27. The third kappa shape index (κ3) is 4.12. The third-order valence-corrected chi connectivity index (χ3v) is 5.29. The summed E-state index contributed by atoms with van der Waals surface area (Å²) in [5.74, 6) is 0. The maximum Gasteiger partial charge on any atom is 0.0652 e. The summed E-state index contributed by atoms with van der Waals surface area (Å²) in [5, 5.41) is 5.16. The minimum absolute atomic E-state index is 0.346. The molecule has 0 saturated carbocycles. The molecule has 1 heterocycles. The quantitative estimate of drug-likeness (QED) is 0.680. The van der Waals surface area contributed by atoms with E-state index in [2.05, 4.69) is 31.3 Å². The molecule has 1 atom stereocenters. The lowest BCUT2D eigenvalue weighted by molar-refractivity contribution is 0.549. The molecule has 0 aliphatic rings. The normalized spacial score (nSPS) is 12.7. The molecule has 0 saturated heterocycles. The summed E-state index contributed by atoms with van der Waals surface area (Å²) < 4.78 is 0. The number of rotatable bonds is 5. The van der Waals surface area contributed by atoms with Crippen molar-refractivity contribution in [3.05, 3.63) is 54.7 Å². The van der Waals surface area contributed by atoms with Crippen molar-refractivity contribution in [1.29, 1.82) is 0 Å². The molecule has 2 aromatic rings. The number of halogens is 3. The zero-order chi connectivity index (χ0) is 14.7. The van der Waals surface area contributed by atoms with Gasteiger partial charge in [-0.3, -0.25) is 0 Å². The van der Waals surface area contributed by atoms with Gasteiger partial charge >= 0.3 is 0 Å². The average Bonchev–Trinajstić information content (AvgIpc) is 2.79. The molecule has 0 spiro atoms. The molecule has 0 amide bonds. The van der Waals surface area contributed by atoms with Crippen molar-refractivity contribution >= 4 is 46.1 Å². The van der Waals surface area contributed by atoms with Gasteiger partial charge in [0.25, 0.3) is 0 Å². The lowest BCUT2D eigenvalue weighted by Gasteiger charge is -2.15. The van der Waals surface area contributed by atoms with Gasteiger partial charge in [0.15, 0.2) is 0 Å². The van der Waals surface area contributed by atoms with E-state index in [0.29, 0.717) is 27.7 Å². The van der Waals surface area contributed by atoms with E-state index in [1.807, 2.05) is 11.3 Å². The van der Waals surface area contributed by atoms with Crippen LogP contribution in [0.2, 0.25) is 15.1 Å². The fourth-order valence-electron chi connectivity index (χ4n) is 1.98. The number of thiophene rings is 1. The van der Waals surface area contributed by atoms with Crippen LogP contribution >= 0.6 is 46.1 Å². The Kier molecular flexibility index (Phi) is 5.76. The third-order valence-electron chi connectivity index (χ3n) is 3.07. The molecule has 1 unspecified atom stereocenters. The van der Waals surface area contributed by atoms with Crippen molar-refractivity contribution in [3.8, 4) is 0 Å². The largest absolute Gasteiger partial charge is 0.310 e. The van der Waals surface area contributed by atoms with Gasteiger partial charge in [-0.15, -0.1) is 11.3 Å². The molecule has 1 N–H and O–H groups in total. The predicted octanol–water partition coefficient (Wildman–Crippen LogP) is 5.74. The smallest absolute Gasteiger partial charge is 0.0652 e. The standard InChI is InChI=1S/C15H16Cl3NS/c1-9(7-11-4-3-10(2)20-11)19-8-12-13(16)5-6-14(17)15(12)18/h3-6,9,19H,7-8H2,1-2H3. The van der Waals surface area contributed by atoms with Gasteiger partial charge in [-0.25, -0.2) is 0 Å². The van der Waals surface area contributed by atoms with Gasteiger partial charge in [0.05, 0.1) is 10.0 Å². The Bertz CT molecular complexity index is 595. The topological polar surface area (TPSA) is 12.0 Å². The second-order valence-electron chi connectivity index (χ2n) is 4.82. The lowest BCUT2D eigenvalue weighted by atomic mass is 10.1. The van der Waals surface area contributed by atoms with Crippen molar-refractivity contribution in [3.63, 3.8) is 0 Å². The van der Waals surface area contributed by atoms with E-state index < -0.39 is 0 Å². The van der Waals surface area contributed by atoms with Crippen molar-refractivity contribution in [2.45, 2.75) is 32.9 Å². The summed E-state index contributed by atoms with van der Waals surface area (Å²) in [7, 11) is 0. The first-order valence-electron chi connectivity index (χ1n) is 6.38. The number of nitrogens with one attached hydrogen (secondary N) is 1. The van der Waals surface area contributed by atoms with E-state index in [9.17, 15) is 0 Å². The summed E-state index contributed by atoms with van der Waals surface area (Å²) in [6.45, 7) is 4.89. The van der Waals surface area contributed by atoms with E-state index >= 15 is 0 Å². The monoisotopic (exact) mass is 347 g/mol. The molecule has 0 bridgehead atoms. The second kappa shape index (κ2) is 7.15. The van der Waals surface area contributed by atoms with Crippen LogP contribution in [-0.2, 0) is 13.0 Å². The van der Waals surface area contributed by atoms with E-state index in [4.69, 9.17) is 34.8 Å². The molecule has 2 rings (SSSR count). The van der Waals surface area contributed by atoms with Gasteiger partial charge in [0.2, 0.25) is 0 Å².